The van der Waals surface area contributed by atoms with Gasteiger partial charge in [0.1, 0.15) is 5.67 Å². The Balaban J connectivity index is 2.18. The van der Waals surface area contributed by atoms with Crippen LogP contribution in [0.25, 0.3) is 0 Å². The molecule has 0 spiro atoms. The molecule has 1 fully saturated rings. The van der Waals surface area contributed by atoms with Gasteiger partial charge in [-0.1, -0.05) is 11.8 Å². The van der Waals surface area contributed by atoms with E-state index in [-0.39, 0.29) is 5.12 Å². The van der Waals surface area contributed by atoms with Crippen LogP contribution in [0.4, 0.5) is 4.39 Å². The summed E-state index contributed by atoms with van der Waals surface area (Å²) in [6, 6.07) is 0. The van der Waals surface area contributed by atoms with Gasteiger partial charge in [-0.2, -0.15) is 0 Å². The lowest BCUT2D eigenvalue weighted by Gasteiger charge is -2.32. The predicted octanol–water partition coefficient (Wildman–Crippen LogP) is 2.16. The van der Waals surface area contributed by atoms with Crippen molar-refractivity contribution in [2.24, 2.45) is 0 Å². The second kappa shape index (κ2) is 2.91. The van der Waals surface area contributed by atoms with Crippen molar-refractivity contribution in [2.45, 2.75) is 31.9 Å². The summed E-state index contributed by atoms with van der Waals surface area (Å²) in [5.41, 5.74) is -1.00. The molecule has 1 nitrogen and oxygen atoms in total. The van der Waals surface area contributed by atoms with Crippen molar-refractivity contribution in [3.8, 4) is 0 Å². The van der Waals surface area contributed by atoms with Gasteiger partial charge in [-0.3, -0.25) is 4.79 Å². The average Bonchev–Trinajstić information content (AvgIpc) is 1.79. The van der Waals surface area contributed by atoms with Crippen LogP contribution in [0.5, 0.6) is 0 Å². The van der Waals surface area contributed by atoms with E-state index in [9.17, 15) is 9.18 Å². The van der Waals surface area contributed by atoms with Gasteiger partial charge in [0.15, 0.2) is 5.12 Å². The fourth-order valence-corrected chi connectivity index (χ4v) is 1.69. The summed E-state index contributed by atoms with van der Waals surface area (Å²) >= 11 is 1.10. The highest BCUT2D eigenvalue weighted by atomic mass is 32.2. The molecule has 0 aromatic rings. The van der Waals surface area contributed by atoms with Gasteiger partial charge in [-0.15, -0.1) is 0 Å². The zero-order chi connectivity index (χ0) is 7.61. The first kappa shape index (κ1) is 8.05. The van der Waals surface area contributed by atoms with E-state index in [2.05, 4.69) is 0 Å². The first-order chi connectivity index (χ1) is 4.62. The van der Waals surface area contributed by atoms with E-state index in [4.69, 9.17) is 0 Å². The average molecular weight is 162 g/mol. The van der Waals surface area contributed by atoms with Gasteiger partial charge in [0.2, 0.25) is 0 Å². The third-order valence-corrected chi connectivity index (χ3v) is 2.85. The summed E-state index contributed by atoms with van der Waals surface area (Å²) in [5.74, 6) is 0.363. The number of carbonyl (C=O) groups excluding carboxylic acids is 1. The van der Waals surface area contributed by atoms with Crippen LogP contribution in [0.1, 0.15) is 26.2 Å². The molecule has 0 atom stereocenters. The standard InChI is InChI=1S/C7H11FOS/c1-6(9)10-5-7(8)3-2-4-7/h2-5H2,1H3. The van der Waals surface area contributed by atoms with Gasteiger partial charge in [0.05, 0.1) is 0 Å². The molecule has 10 heavy (non-hydrogen) atoms. The molecular weight excluding hydrogens is 151 g/mol. The van der Waals surface area contributed by atoms with E-state index >= 15 is 0 Å². The first-order valence-corrected chi connectivity index (χ1v) is 4.43. The minimum Gasteiger partial charge on any atom is -0.288 e. The summed E-state index contributed by atoms with van der Waals surface area (Å²) < 4.78 is 13.1. The lowest BCUT2D eigenvalue weighted by molar-refractivity contribution is -0.109. The Labute approximate surface area is 64.4 Å². The molecule has 0 aromatic carbocycles. The molecule has 1 saturated carbocycles. The molecule has 58 valence electrons. The SMILES string of the molecule is CC(=O)SCC1(F)CCC1. The Morgan fingerprint density at radius 2 is 2.30 bits per heavy atom. The molecule has 1 aliphatic rings. The lowest BCUT2D eigenvalue weighted by Crippen LogP contribution is -2.34. The highest BCUT2D eigenvalue weighted by Gasteiger charge is 2.36. The van der Waals surface area contributed by atoms with Crippen LogP contribution in [0.15, 0.2) is 0 Å². The van der Waals surface area contributed by atoms with Gasteiger partial charge in [0.25, 0.3) is 0 Å². The third-order valence-electron chi connectivity index (χ3n) is 1.78. The Bertz CT molecular complexity index is 143. The van der Waals surface area contributed by atoms with Gasteiger partial charge in [-0.25, -0.2) is 4.39 Å². The molecule has 1 rings (SSSR count). The minimum absolute atomic E-state index is 0.0175. The van der Waals surface area contributed by atoms with E-state index < -0.39 is 5.67 Å². The second-order valence-electron chi connectivity index (χ2n) is 2.78. The summed E-state index contributed by atoms with van der Waals surface area (Å²) in [5, 5.41) is 0.0175. The van der Waals surface area contributed by atoms with Gasteiger partial charge in [-0.05, 0) is 19.3 Å². The maximum Gasteiger partial charge on any atom is 0.185 e. The van der Waals surface area contributed by atoms with Crippen molar-refractivity contribution in [3.05, 3.63) is 0 Å². The number of hydrogen-bond acceptors (Lipinski definition) is 2. The van der Waals surface area contributed by atoms with Gasteiger partial charge >= 0.3 is 0 Å². The number of halogens is 1. The van der Waals surface area contributed by atoms with Gasteiger partial charge in [0, 0.05) is 12.7 Å². The second-order valence-corrected chi connectivity index (χ2v) is 3.94. The quantitative estimate of drug-likeness (QED) is 0.619. The minimum atomic E-state index is -1.00. The van der Waals surface area contributed by atoms with Crippen LogP contribution in [-0.2, 0) is 4.79 Å². The van der Waals surface area contributed by atoms with Crippen LogP contribution in [0.2, 0.25) is 0 Å². The Kier molecular flexibility index (Phi) is 2.34. The normalized spacial score (nSPS) is 21.8. The molecule has 0 bridgehead atoms. The molecule has 0 N–H and O–H groups in total. The molecule has 0 radical (unpaired) electrons. The van der Waals surface area contributed by atoms with Crippen molar-refractivity contribution >= 4 is 16.9 Å². The highest BCUT2D eigenvalue weighted by molar-refractivity contribution is 8.13. The number of alkyl halides is 1. The summed E-state index contributed by atoms with van der Waals surface area (Å²) in [6.45, 7) is 1.48. The number of hydrogen-bond donors (Lipinski definition) is 0. The number of rotatable bonds is 2. The fraction of sp³-hybridized carbons (Fsp3) is 0.857. The van der Waals surface area contributed by atoms with Crippen molar-refractivity contribution in [1.82, 2.24) is 0 Å². The van der Waals surface area contributed by atoms with Crippen LogP contribution < -0.4 is 0 Å². The number of carbonyl (C=O) groups is 1. The van der Waals surface area contributed by atoms with Crippen LogP contribution in [0, 0.1) is 0 Å². The maximum atomic E-state index is 13.1. The maximum absolute atomic E-state index is 13.1. The molecule has 0 heterocycles. The Morgan fingerprint density at radius 1 is 1.70 bits per heavy atom. The third kappa shape index (κ3) is 1.97. The molecule has 1 aliphatic carbocycles. The highest BCUT2D eigenvalue weighted by Crippen LogP contribution is 2.38. The van der Waals surface area contributed by atoms with E-state index in [1.807, 2.05) is 0 Å². The van der Waals surface area contributed by atoms with Crippen molar-refractivity contribution in [1.29, 1.82) is 0 Å². The zero-order valence-electron chi connectivity index (χ0n) is 6.02. The molecule has 0 aromatic heterocycles. The first-order valence-electron chi connectivity index (χ1n) is 3.45. The fourth-order valence-electron chi connectivity index (χ4n) is 0.936. The monoisotopic (exact) mass is 162 g/mol. The van der Waals surface area contributed by atoms with Gasteiger partial charge < -0.3 is 0 Å². The summed E-state index contributed by atoms with van der Waals surface area (Å²) in [4.78, 5) is 10.4. The molecule has 0 unspecified atom stereocenters. The Morgan fingerprint density at radius 3 is 2.60 bits per heavy atom. The van der Waals surface area contributed by atoms with Crippen molar-refractivity contribution in [2.75, 3.05) is 5.75 Å². The lowest BCUT2D eigenvalue weighted by atomic mass is 9.84. The van der Waals surface area contributed by atoms with E-state index in [1.54, 1.807) is 0 Å². The topological polar surface area (TPSA) is 17.1 Å². The molecule has 0 saturated heterocycles. The van der Waals surface area contributed by atoms with Crippen LogP contribution in [0.3, 0.4) is 0 Å². The smallest absolute Gasteiger partial charge is 0.185 e. The molecule has 0 aliphatic heterocycles. The van der Waals surface area contributed by atoms with E-state index in [0.717, 1.165) is 18.2 Å². The van der Waals surface area contributed by atoms with E-state index in [0.29, 0.717) is 18.6 Å². The predicted molar refractivity (Wildman–Crippen MR) is 40.8 cm³/mol. The number of thioether (sulfide) groups is 1. The van der Waals surface area contributed by atoms with E-state index in [1.165, 1.54) is 6.92 Å². The summed E-state index contributed by atoms with van der Waals surface area (Å²) in [6.07, 6.45) is 2.27. The molecule has 0 amide bonds. The van der Waals surface area contributed by atoms with Crippen LogP contribution >= 0.6 is 11.8 Å². The Hall–Kier alpha value is -0.0500. The largest absolute Gasteiger partial charge is 0.288 e. The summed E-state index contributed by atoms with van der Waals surface area (Å²) in [7, 11) is 0. The van der Waals surface area contributed by atoms with Crippen LogP contribution in [-0.4, -0.2) is 16.5 Å². The zero-order valence-corrected chi connectivity index (χ0v) is 6.84. The van der Waals surface area contributed by atoms with Crippen molar-refractivity contribution < 1.29 is 9.18 Å². The molecule has 3 heteroatoms. The molecular formula is C7H11FOS. The van der Waals surface area contributed by atoms with Crippen molar-refractivity contribution in [3.63, 3.8) is 0 Å².